The van der Waals surface area contributed by atoms with Gasteiger partial charge in [-0.15, -0.1) is 0 Å². The lowest BCUT2D eigenvalue weighted by molar-refractivity contribution is -0.655. The van der Waals surface area contributed by atoms with Crippen LogP contribution >= 0.6 is 0 Å². The van der Waals surface area contributed by atoms with Crippen LogP contribution in [0, 0.1) is 0 Å². The van der Waals surface area contributed by atoms with Gasteiger partial charge in [0.1, 0.15) is 11.0 Å². The Kier molecular flexibility index (Phi) is 5.19. The second-order valence-corrected chi connectivity index (χ2v) is 7.90. The zero-order valence-electron chi connectivity index (χ0n) is 20.0. The van der Waals surface area contributed by atoms with Gasteiger partial charge in [0.15, 0.2) is 23.0 Å². The molecular formula is C24H30N5O4+. The number of imidazole rings is 1. The Labute approximate surface area is 193 Å². The number of hydrogen-bond acceptors (Lipinski definition) is 7. The Morgan fingerprint density at radius 1 is 0.818 bits per heavy atom. The fourth-order valence-electron chi connectivity index (χ4n) is 4.90. The van der Waals surface area contributed by atoms with Crippen LogP contribution < -0.4 is 33.3 Å². The molecule has 1 aromatic heterocycles. The quantitative estimate of drug-likeness (QED) is 0.535. The molecule has 0 bridgehead atoms. The van der Waals surface area contributed by atoms with E-state index in [1.807, 2.05) is 24.3 Å². The molecule has 0 amide bonds. The van der Waals surface area contributed by atoms with Crippen LogP contribution in [0.5, 0.6) is 23.0 Å². The number of ether oxygens (including phenoxy) is 4. The van der Waals surface area contributed by atoms with Crippen molar-refractivity contribution in [2.45, 2.75) is 26.9 Å². The molecule has 33 heavy (non-hydrogen) atoms. The first kappa shape index (κ1) is 21.2. The number of aryl methyl sites for hydroxylation is 1. The van der Waals surface area contributed by atoms with E-state index in [0.717, 1.165) is 60.5 Å². The van der Waals surface area contributed by atoms with Gasteiger partial charge in [0.05, 0.1) is 59.4 Å². The highest BCUT2D eigenvalue weighted by Crippen LogP contribution is 2.45. The number of rotatable bonds is 6. The zero-order valence-corrected chi connectivity index (χ0v) is 20.0. The summed E-state index contributed by atoms with van der Waals surface area (Å²) in [6, 6.07) is 8.15. The molecule has 0 saturated heterocycles. The minimum atomic E-state index is 0.711. The summed E-state index contributed by atoms with van der Waals surface area (Å²) in [6.45, 7) is 7.38. The first-order chi connectivity index (χ1) is 16.1. The molecule has 3 heterocycles. The summed E-state index contributed by atoms with van der Waals surface area (Å²) in [7, 11) is 6.66. The van der Waals surface area contributed by atoms with Gasteiger partial charge in [-0.25, -0.2) is 9.13 Å². The zero-order chi connectivity index (χ0) is 23.3. The van der Waals surface area contributed by atoms with Crippen LogP contribution in [-0.4, -0.2) is 52.1 Å². The summed E-state index contributed by atoms with van der Waals surface area (Å²) in [4.78, 5) is 9.72. The van der Waals surface area contributed by atoms with Gasteiger partial charge >= 0.3 is 5.95 Å². The molecule has 2 aliphatic heterocycles. The average molecular weight is 453 g/mol. The first-order valence-corrected chi connectivity index (χ1v) is 11.2. The molecule has 9 nitrogen and oxygen atoms in total. The Bertz CT molecular complexity index is 1270. The van der Waals surface area contributed by atoms with Crippen molar-refractivity contribution in [3.63, 3.8) is 0 Å². The van der Waals surface area contributed by atoms with Gasteiger partial charge in [-0.05, 0) is 18.8 Å². The molecular weight excluding hydrogens is 422 g/mol. The second-order valence-electron chi connectivity index (χ2n) is 7.90. The van der Waals surface area contributed by atoms with E-state index in [9.17, 15) is 0 Å². The lowest BCUT2D eigenvalue weighted by Gasteiger charge is -2.17. The predicted octanol–water partition coefficient (Wildman–Crippen LogP) is 3.33. The smallest absolute Gasteiger partial charge is 0.403 e. The summed E-state index contributed by atoms with van der Waals surface area (Å²) in [5.41, 5.74) is 4.30. The van der Waals surface area contributed by atoms with Crippen LogP contribution in [0.15, 0.2) is 29.3 Å². The molecule has 0 saturated carbocycles. The predicted molar refractivity (Wildman–Crippen MR) is 128 cm³/mol. The third-order valence-corrected chi connectivity index (χ3v) is 6.47. The molecule has 174 valence electrons. The lowest BCUT2D eigenvalue weighted by Crippen LogP contribution is -2.41. The Morgan fingerprint density at radius 3 is 2.03 bits per heavy atom. The molecule has 0 spiro atoms. The number of hydrogen-bond donors (Lipinski definition) is 0. The maximum Gasteiger partial charge on any atom is 0.403 e. The lowest BCUT2D eigenvalue weighted by atomic mass is 10.2. The summed E-state index contributed by atoms with van der Waals surface area (Å²) < 4.78 is 26.8. The minimum absolute atomic E-state index is 0.711. The minimum Gasteiger partial charge on any atom is -0.493 e. The number of nitrogens with zero attached hydrogens (tertiary/aromatic N) is 5. The molecule has 0 unspecified atom stereocenters. The normalized spacial score (nSPS) is 14.4. The molecule has 0 radical (unpaired) electrons. The van der Waals surface area contributed by atoms with E-state index >= 15 is 0 Å². The third kappa shape index (κ3) is 2.98. The fourth-order valence-corrected chi connectivity index (χ4v) is 4.90. The number of methoxy groups -OCH3 is 4. The van der Waals surface area contributed by atoms with Crippen LogP contribution in [0.3, 0.4) is 0 Å². The highest BCUT2D eigenvalue weighted by Gasteiger charge is 2.40. The molecule has 9 heteroatoms. The monoisotopic (exact) mass is 452 g/mol. The summed E-state index contributed by atoms with van der Waals surface area (Å²) >= 11 is 0. The summed E-state index contributed by atoms with van der Waals surface area (Å²) in [6.07, 6.45) is 0. The van der Waals surface area contributed by atoms with E-state index < -0.39 is 0 Å². The molecule has 0 N–H and O–H groups in total. The van der Waals surface area contributed by atoms with Crippen LogP contribution in [0.25, 0.3) is 11.0 Å². The summed E-state index contributed by atoms with van der Waals surface area (Å²) in [5, 5.41) is 0. The molecule has 2 aliphatic rings. The number of fused-ring (bicyclic) bond motifs is 6. The molecule has 0 fully saturated rings. The van der Waals surface area contributed by atoms with Gasteiger partial charge in [-0.2, -0.15) is 0 Å². The van der Waals surface area contributed by atoms with Crippen molar-refractivity contribution in [3.8, 4) is 23.0 Å². The highest BCUT2D eigenvalue weighted by atomic mass is 16.5. The van der Waals surface area contributed by atoms with E-state index in [1.165, 1.54) is 0 Å². The van der Waals surface area contributed by atoms with Crippen molar-refractivity contribution in [1.82, 2.24) is 4.57 Å². The van der Waals surface area contributed by atoms with E-state index in [0.29, 0.717) is 23.0 Å². The van der Waals surface area contributed by atoms with E-state index in [2.05, 4.69) is 32.8 Å². The molecule has 5 rings (SSSR count). The van der Waals surface area contributed by atoms with Gasteiger partial charge < -0.3 is 18.9 Å². The second kappa shape index (κ2) is 8.06. The van der Waals surface area contributed by atoms with Crippen molar-refractivity contribution in [2.75, 3.05) is 51.3 Å². The van der Waals surface area contributed by atoms with E-state index in [1.54, 1.807) is 28.4 Å². The Morgan fingerprint density at radius 2 is 1.42 bits per heavy atom. The van der Waals surface area contributed by atoms with Gasteiger partial charge in [0, 0.05) is 30.8 Å². The van der Waals surface area contributed by atoms with Gasteiger partial charge in [0.25, 0.3) is 5.96 Å². The topological polar surface area (TPSA) is 64.6 Å². The molecule has 2 aromatic carbocycles. The average Bonchev–Trinajstić information content (AvgIpc) is 3.21. The summed E-state index contributed by atoms with van der Waals surface area (Å²) in [5.74, 6) is 4.66. The van der Waals surface area contributed by atoms with Gasteiger partial charge in [-0.3, -0.25) is 9.80 Å². The van der Waals surface area contributed by atoms with Crippen LogP contribution in [0.1, 0.15) is 13.8 Å². The maximum absolute atomic E-state index is 5.58. The van der Waals surface area contributed by atoms with Gasteiger partial charge in [-0.1, -0.05) is 0 Å². The molecule has 0 atom stereocenters. The standard InChI is InChI=1S/C24H30N5O4/c1-7-26-15-11-19(30-3)21(32-5)13-17(15)28-9-10-29-18-14-22(33-6)20(31-4)12-16(18)27(8-2)24(29)25-23(26)28/h11-14H,7-10H2,1-6H3/q+1. The van der Waals surface area contributed by atoms with E-state index in [4.69, 9.17) is 23.9 Å². The number of anilines is 2. The molecule has 0 aliphatic carbocycles. The SMILES string of the molecule is CCN1C2=Nc3n(CC)c4cc(OC)c(OC)cc4[n+]3CCN2c2cc(OC)c(OC)cc21. The van der Waals surface area contributed by atoms with Crippen molar-refractivity contribution in [3.05, 3.63) is 24.3 Å². The van der Waals surface area contributed by atoms with Crippen LogP contribution in [0.4, 0.5) is 17.3 Å². The van der Waals surface area contributed by atoms with Crippen LogP contribution in [0.2, 0.25) is 0 Å². The fraction of sp³-hybridized carbons (Fsp3) is 0.417. The van der Waals surface area contributed by atoms with Crippen molar-refractivity contribution >= 4 is 34.3 Å². The van der Waals surface area contributed by atoms with Crippen LogP contribution in [-0.2, 0) is 13.1 Å². The molecule has 3 aromatic rings. The highest BCUT2D eigenvalue weighted by molar-refractivity contribution is 6.17. The Balaban J connectivity index is 1.73. The third-order valence-electron chi connectivity index (χ3n) is 6.47. The number of benzene rings is 2. The van der Waals surface area contributed by atoms with E-state index in [-0.39, 0.29) is 0 Å². The maximum atomic E-state index is 5.58. The number of aliphatic imine (C=N–C) groups is 1. The largest absolute Gasteiger partial charge is 0.493 e. The Hall–Kier alpha value is -3.62. The van der Waals surface area contributed by atoms with Crippen molar-refractivity contribution in [2.24, 2.45) is 4.99 Å². The number of guanidine groups is 1. The van der Waals surface area contributed by atoms with Crippen molar-refractivity contribution in [1.29, 1.82) is 0 Å². The van der Waals surface area contributed by atoms with Crippen molar-refractivity contribution < 1.29 is 23.5 Å². The number of aromatic nitrogens is 2. The van der Waals surface area contributed by atoms with Gasteiger partial charge in [0.2, 0.25) is 0 Å². The first-order valence-electron chi connectivity index (χ1n) is 11.2.